The molecule has 0 saturated carbocycles. The molecule has 1 unspecified atom stereocenters. The van der Waals surface area contributed by atoms with Crippen LogP contribution in [0.3, 0.4) is 0 Å². The smallest absolute Gasteiger partial charge is 0.188 e. The van der Waals surface area contributed by atoms with Crippen molar-refractivity contribution in [2.24, 2.45) is 0 Å². The molecule has 26 heavy (non-hydrogen) atoms. The summed E-state index contributed by atoms with van der Waals surface area (Å²) in [6, 6.07) is 12.5. The average molecular weight is 375 g/mol. The fourth-order valence-corrected chi connectivity index (χ4v) is 3.75. The van der Waals surface area contributed by atoms with E-state index in [1.807, 2.05) is 18.2 Å². The minimum Gasteiger partial charge on any atom is -0.497 e. The molecule has 0 amide bonds. The lowest BCUT2D eigenvalue weighted by atomic mass is 10.1. The van der Waals surface area contributed by atoms with E-state index in [-0.39, 0.29) is 12.3 Å². The Balaban J connectivity index is 2.31. The highest BCUT2D eigenvalue weighted by Gasteiger charge is 2.13. The zero-order chi connectivity index (χ0) is 19.2. The van der Waals surface area contributed by atoms with Gasteiger partial charge < -0.3 is 19.5 Å². The van der Waals surface area contributed by atoms with Gasteiger partial charge in [0.2, 0.25) is 0 Å². The van der Waals surface area contributed by atoms with Crippen molar-refractivity contribution in [1.29, 1.82) is 0 Å². The second-order valence-corrected chi connectivity index (χ2v) is 8.63. The Morgan fingerprint density at radius 3 is 2.42 bits per heavy atom. The summed E-state index contributed by atoms with van der Waals surface area (Å²) >= 11 is 0. The summed E-state index contributed by atoms with van der Waals surface area (Å²) in [7, 11) is 3.78. The van der Waals surface area contributed by atoms with Gasteiger partial charge in [0.25, 0.3) is 0 Å². The normalized spacial score (nSPS) is 11.9. The maximum Gasteiger partial charge on any atom is 0.188 e. The van der Waals surface area contributed by atoms with Crippen molar-refractivity contribution in [3.05, 3.63) is 47.5 Å². The predicted molar refractivity (Wildman–Crippen MR) is 111 cm³/mol. The van der Waals surface area contributed by atoms with Crippen molar-refractivity contribution >= 4 is 19.2 Å². The van der Waals surface area contributed by atoms with E-state index in [1.165, 1.54) is 16.4 Å². The highest BCUT2D eigenvalue weighted by atomic mass is 31.1. The Morgan fingerprint density at radius 1 is 1.00 bits per heavy atom. The number of rotatable bonds is 8. The molecular weight excluding hydrogens is 345 g/mol. The van der Waals surface area contributed by atoms with Gasteiger partial charge >= 0.3 is 0 Å². The minimum absolute atomic E-state index is 0.0762. The van der Waals surface area contributed by atoms with E-state index in [2.05, 4.69) is 51.2 Å². The first-order valence-electron chi connectivity index (χ1n) is 8.74. The van der Waals surface area contributed by atoms with Crippen molar-refractivity contribution in [2.45, 2.75) is 39.8 Å². The lowest BCUT2D eigenvalue weighted by molar-refractivity contribution is 0.0519. The maximum absolute atomic E-state index is 5.75. The zero-order valence-corrected chi connectivity index (χ0v) is 17.6. The Morgan fingerprint density at radius 2 is 1.77 bits per heavy atom. The van der Waals surface area contributed by atoms with Crippen molar-refractivity contribution in [1.82, 2.24) is 5.32 Å². The molecule has 2 aromatic carbocycles. The number of hydrogen-bond donors (Lipinski definition) is 1. The SMILES string of the molecule is COCOc1ccc(OC)cc1Pc1ccc(C)cc1CNC(C)(C)C. The summed E-state index contributed by atoms with van der Waals surface area (Å²) in [6.07, 6.45) is 0. The Hall–Kier alpha value is -1.61. The van der Waals surface area contributed by atoms with Crippen LogP contribution in [0.25, 0.3) is 0 Å². The van der Waals surface area contributed by atoms with Crippen LogP contribution >= 0.6 is 8.58 Å². The third kappa shape index (κ3) is 6.28. The Labute approximate surface area is 159 Å². The average Bonchev–Trinajstić information content (AvgIpc) is 2.60. The summed E-state index contributed by atoms with van der Waals surface area (Å²) in [5, 5.41) is 6.01. The summed E-state index contributed by atoms with van der Waals surface area (Å²) in [6.45, 7) is 9.75. The molecule has 1 N–H and O–H groups in total. The van der Waals surface area contributed by atoms with E-state index in [0.29, 0.717) is 8.58 Å². The Bertz CT molecular complexity index is 726. The quantitative estimate of drug-likeness (QED) is 0.566. The fraction of sp³-hybridized carbons (Fsp3) is 0.429. The molecule has 0 aliphatic carbocycles. The number of aryl methyl sites for hydroxylation is 1. The molecule has 142 valence electrons. The van der Waals surface area contributed by atoms with Crippen LogP contribution in [-0.4, -0.2) is 26.6 Å². The van der Waals surface area contributed by atoms with E-state index in [9.17, 15) is 0 Å². The molecule has 0 fully saturated rings. The first-order valence-corrected chi connectivity index (χ1v) is 9.74. The van der Waals surface area contributed by atoms with Crippen molar-refractivity contribution in [3.8, 4) is 11.5 Å². The van der Waals surface area contributed by atoms with Gasteiger partial charge in [-0.25, -0.2) is 0 Å². The van der Waals surface area contributed by atoms with Gasteiger partial charge in [-0.3, -0.25) is 0 Å². The van der Waals surface area contributed by atoms with Crippen molar-refractivity contribution in [3.63, 3.8) is 0 Å². The first-order chi connectivity index (χ1) is 12.3. The van der Waals surface area contributed by atoms with Crippen LogP contribution in [-0.2, 0) is 11.3 Å². The third-order valence-electron chi connectivity index (χ3n) is 3.86. The summed E-state index contributed by atoms with van der Waals surface area (Å²) in [4.78, 5) is 0. The maximum atomic E-state index is 5.75. The van der Waals surface area contributed by atoms with E-state index >= 15 is 0 Å². The van der Waals surface area contributed by atoms with Crippen LogP contribution in [0.5, 0.6) is 11.5 Å². The summed E-state index contributed by atoms with van der Waals surface area (Å²) in [5.74, 6) is 1.67. The van der Waals surface area contributed by atoms with Crippen LogP contribution in [0.1, 0.15) is 31.9 Å². The number of methoxy groups -OCH3 is 2. The van der Waals surface area contributed by atoms with Gasteiger partial charge in [-0.05, 0) is 56.8 Å². The van der Waals surface area contributed by atoms with E-state index in [1.54, 1.807) is 14.2 Å². The number of nitrogens with one attached hydrogen (secondary N) is 1. The van der Waals surface area contributed by atoms with Crippen molar-refractivity contribution < 1.29 is 14.2 Å². The zero-order valence-electron chi connectivity index (χ0n) is 16.6. The minimum atomic E-state index is 0.0762. The molecule has 0 aromatic heterocycles. The second kappa shape index (κ2) is 9.36. The predicted octanol–water partition coefficient (Wildman–Crippen LogP) is 3.50. The molecule has 0 radical (unpaired) electrons. The molecule has 2 rings (SSSR count). The first kappa shape index (κ1) is 20.7. The largest absolute Gasteiger partial charge is 0.497 e. The molecule has 0 heterocycles. The molecule has 0 bridgehead atoms. The van der Waals surface area contributed by atoms with Gasteiger partial charge in [-0.1, -0.05) is 32.3 Å². The van der Waals surface area contributed by atoms with Gasteiger partial charge in [-0.2, -0.15) is 0 Å². The van der Waals surface area contributed by atoms with Crippen molar-refractivity contribution in [2.75, 3.05) is 21.0 Å². The molecular formula is C21H30NO3P. The highest BCUT2D eigenvalue weighted by molar-refractivity contribution is 7.55. The van der Waals surface area contributed by atoms with Crippen LogP contribution < -0.4 is 25.4 Å². The molecule has 0 aliphatic rings. The molecule has 0 aliphatic heterocycles. The highest BCUT2D eigenvalue weighted by Crippen LogP contribution is 2.25. The van der Waals surface area contributed by atoms with Crippen LogP contribution in [0, 0.1) is 6.92 Å². The van der Waals surface area contributed by atoms with Crippen LogP contribution in [0.4, 0.5) is 0 Å². The molecule has 0 spiro atoms. The number of hydrogen-bond acceptors (Lipinski definition) is 4. The number of ether oxygens (including phenoxy) is 3. The van der Waals surface area contributed by atoms with Gasteiger partial charge in [-0.15, -0.1) is 0 Å². The monoisotopic (exact) mass is 375 g/mol. The molecule has 4 nitrogen and oxygen atoms in total. The van der Waals surface area contributed by atoms with Gasteiger partial charge in [0, 0.05) is 24.5 Å². The molecule has 2 aromatic rings. The summed E-state index contributed by atoms with van der Waals surface area (Å²) in [5.41, 5.74) is 2.66. The van der Waals surface area contributed by atoms with E-state index in [4.69, 9.17) is 14.2 Å². The van der Waals surface area contributed by atoms with Gasteiger partial charge in [0.15, 0.2) is 6.79 Å². The molecule has 1 atom stereocenters. The molecule has 5 heteroatoms. The summed E-state index contributed by atoms with van der Waals surface area (Å²) < 4.78 is 16.2. The Kier molecular flexibility index (Phi) is 7.45. The second-order valence-electron chi connectivity index (χ2n) is 7.30. The number of benzene rings is 2. The van der Waals surface area contributed by atoms with E-state index < -0.39 is 0 Å². The van der Waals surface area contributed by atoms with Gasteiger partial charge in [0.1, 0.15) is 11.5 Å². The van der Waals surface area contributed by atoms with Crippen LogP contribution in [0.15, 0.2) is 36.4 Å². The molecule has 0 saturated heterocycles. The lowest BCUT2D eigenvalue weighted by Gasteiger charge is -2.22. The van der Waals surface area contributed by atoms with Crippen LogP contribution in [0.2, 0.25) is 0 Å². The topological polar surface area (TPSA) is 39.7 Å². The third-order valence-corrected chi connectivity index (χ3v) is 5.28. The van der Waals surface area contributed by atoms with Gasteiger partial charge in [0.05, 0.1) is 7.11 Å². The lowest BCUT2D eigenvalue weighted by Crippen LogP contribution is -2.36. The fourth-order valence-electron chi connectivity index (χ4n) is 2.48. The van der Waals surface area contributed by atoms with E-state index in [0.717, 1.165) is 23.3 Å². The standard InChI is InChI=1S/C21H30NO3P/c1-15-7-10-19(16(11-15)13-22-21(2,3)4)26-20-12-17(24-6)8-9-18(20)25-14-23-5/h7-12,22,26H,13-14H2,1-6H3.